The van der Waals surface area contributed by atoms with Gasteiger partial charge in [-0.1, -0.05) is 45.0 Å². The third kappa shape index (κ3) is 3.48. The van der Waals surface area contributed by atoms with Gasteiger partial charge in [0, 0.05) is 6.42 Å². The van der Waals surface area contributed by atoms with E-state index in [4.69, 9.17) is 0 Å². The third-order valence-corrected chi connectivity index (χ3v) is 2.80. The highest BCUT2D eigenvalue weighted by atomic mass is 19.3. The first-order valence-electron chi connectivity index (χ1n) is 5.98. The summed E-state index contributed by atoms with van der Waals surface area (Å²) < 4.78 is 40.6. The van der Waals surface area contributed by atoms with Gasteiger partial charge in [-0.2, -0.15) is 0 Å². The van der Waals surface area contributed by atoms with E-state index in [1.807, 2.05) is 13.8 Å². The maximum absolute atomic E-state index is 13.9. The summed E-state index contributed by atoms with van der Waals surface area (Å²) in [6.07, 6.45) is -2.07. The van der Waals surface area contributed by atoms with Crippen molar-refractivity contribution in [2.75, 3.05) is 0 Å². The average molecular weight is 244 g/mol. The van der Waals surface area contributed by atoms with Crippen LogP contribution in [0.2, 0.25) is 0 Å². The Morgan fingerprint density at radius 3 is 2.29 bits per heavy atom. The third-order valence-electron chi connectivity index (χ3n) is 2.80. The fourth-order valence-corrected chi connectivity index (χ4v) is 1.81. The highest BCUT2D eigenvalue weighted by Crippen LogP contribution is 2.38. The van der Waals surface area contributed by atoms with E-state index in [1.165, 1.54) is 13.0 Å². The lowest BCUT2D eigenvalue weighted by Gasteiger charge is -2.22. The van der Waals surface area contributed by atoms with Crippen molar-refractivity contribution in [3.8, 4) is 0 Å². The second-order valence-electron chi connectivity index (χ2n) is 4.77. The Labute approximate surface area is 101 Å². The summed E-state index contributed by atoms with van der Waals surface area (Å²) in [4.78, 5) is 0. The van der Waals surface area contributed by atoms with Gasteiger partial charge in [-0.25, -0.2) is 13.2 Å². The van der Waals surface area contributed by atoms with Crippen molar-refractivity contribution in [2.24, 2.45) is 5.92 Å². The molecule has 1 atom stereocenters. The number of hydrogen-bond acceptors (Lipinski definition) is 0. The van der Waals surface area contributed by atoms with Crippen LogP contribution in [-0.2, 0) is 6.42 Å². The van der Waals surface area contributed by atoms with E-state index in [1.54, 1.807) is 18.2 Å². The Morgan fingerprint density at radius 1 is 1.18 bits per heavy atom. The van der Waals surface area contributed by atoms with Crippen molar-refractivity contribution in [1.82, 2.24) is 0 Å². The van der Waals surface area contributed by atoms with E-state index in [-0.39, 0.29) is 5.56 Å². The van der Waals surface area contributed by atoms with E-state index >= 15 is 0 Å². The fourth-order valence-electron chi connectivity index (χ4n) is 1.81. The minimum Gasteiger partial charge on any atom is -0.236 e. The monoisotopic (exact) mass is 244 g/mol. The second kappa shape index (κ2) is 5.56. The zero-order valence-electron chi connectivity index (χ0n) is 10.5. The van der Waals surface area contributed by atoms with Gasteiger partial charge in [0.25, 0.3) is 5.92 Å². The maximum Gasteiger partial charge on any atom is 0.282 e. The van der Waals surface area contributed by atoms with E-state index in [0.717, 1.165) is 0 Å². The molecule has 1 rings (SSSR count). The summed E-state index contributed by atoms with van der Waals surface area (Å²) >= 11 is 0. The van der Waals surface area contributed by atoms with Crippen LogP contribution in [0.5, 0.6) is 0 Å². The highest BCUT2D eigenvalue weighted by molar-refractivity contribution is 5.30. The minimum absolute atomic E-state index is 0.132. The van der Waals surface area contributed by atoms with Crippen molar-refractivity contribution in [3.63, 3.8) is 0 Å². The standard InChI is InChI=1S/C14H19F3/c1-4-14(16,17)13(15)12-8-6-5-7-11(12)9-10(2)3/h5-8,10,13H,4,9H2,1-3H3. The first-order valence-corrected chi connectivity index (χ1v) is 5.98. The molecule has 0 aromatic heterocycles. The van der Waals surface area contributed by atoms with E-state index in [0.29, 0.717) is 17.9 Å². The molecule has 0 amide bonds. The number of benzene rings is 1. The molecule has 0 bridgehead atoms. The molecule has 0 aliphatic rings. The zero-order chi connectivity index (χ0) is 13.1. The van der Waals surface area contributed by atoms with E-state index in [9.17, 15) is 13.2 Å². The summed E-state index contributed by atoms with van der Waals surface area (Å²) in [7, 11) is 0. The highest BCUT2D eigenvalue weighted by Gasteiger charge is 2.40. The van der Waals surface area contributed by atoms with Crippen LogP contribution in [0.3, 0.4) is 0 Å². The molecule has 3 heteroatoms. The second-order valence-corrected chi connectivity index (χ2v) is 4.77. The van der Waals surface area contributed by atoms with Gasteiger partial charge in [0.1, 0.15) is 0 Å². The van der Waals surface area contributed by atoms with Crippen LogP contribution in [-0.4, -0.2) is 5.92 Å². The number of alkyl halides is 3. The molecular formula is C14H19F3. The molecule has 0 N–H and O–H groups in total. The molecule has 1 unspecified atom stereocenters. The molecule has 0 saturated carbocycles. The molecule has 1 aromatic rings. The van der Waals surface area contributed by atoms with Crippen molar-refractivity contribution < 1.29 is 13.2 Å². The fraction of sp³-hybridized carbons (Fsp3) is 0.571. The summed E-state index contributed by atoms with van der Waals surface area (Å²) in [6.45, 7) is 5.28. The molecular weight excluding hydrogens is 225 g/mol. The molecule has 0 heterocycles. The lowest BCUT2D eigenvalue weighted by molar-refractivity contribution is -0.0769. The van der Waals surface area contributed by atoms with Crippen molar-refractivity contribution in [3.05, 3.63) is 35.4 Å². The zero-order valence-corrected chi connectivity index (χ0v) is 10.5. The van der Waals surface area contributed by atoms with Crippen LogP contribution in [0.15, 0.2) is 24.3 Å². The molecule has 0 spiro atoms. The van der Waals surface area contributed by atoms with E-state index in [2.05, 4.69) is 0 Å². The smallest absolute Gasteiger partial charge is 0.236 e. The Hall–Kier alpha value is -0.990. The largest absolute Gasteiger partial charge is 0.282 e. The first-order chi connectivity index (χ1) is 7.88. The van der Waals surface area contributed by atoms with Crippen molar-refractivity contribution >= 4 is 0 Å². The SMILES string of the molecule is CCC(F)(F)C(F)c1ccccc1CC(C)C. The molecule has 0 fully saturated rings. The van der Waals surface area contributed by atoms with Crippen molar-refractivity contribution in [1.29, 1.82) is 0 Å². The van der Waals surface area contributed by atoms with Crippen LogP contribution in [0.4, 0.5) is 13.2 Å². The van der Waals surface area contributed by atoms with E-state index < -0.39 is 18.5 Å². The summed E-state index contributed by atoms with van der Waals surface area (Å²) in [5.74, 6) is -2.97. The number of rotatable bonds is 5. The average Bonchev–Trinajstić information content (AvgIpc) is 2.28. The van der Waals surface area contributed by atoms with Crippen LogP contribution < -0.4 is 0 Å². The van der Waals surface area contributed by atoms with Gasteiger partial charge in [-0.15, -0.1) is 0 Å². The van der Waals surface area contributed by atoms with Crippen LogP contribution in [0.25, 0.3) is 0 Å². The minimum atomic E-state index is -3.28. The van der Waals surface area contributed by atoms with Gasteiger partial charge in [0.2, 0.25) is 0 Å². The quantitative estimate of drug-likeness (QED) is 0.688. The molecule has 0 aliphatic carbocycles. The normalized spacial score (nSPS) is 14.1. The maximum atomic E-state index is 13.9. The van der Waals surface area contributed by atoms with Gasteiger partial charge in [-0.05, 0) is 23.5 Å². The van der Waals surface area contributed by atoms with Crippen LogP contribution in [0, 0.1) is 5.92 Å². The number of hydrogen-bond donors (Lipinski definition) is 0. The number of halogens is 3. The lowest BCUT2D eigenvalue weighted by Crippen LogP contribution is -2.23. The Bertz CT molecular complexity index is 358. The van der Waals surface area contributed by atoms with Gasteiger partial charge in [0.15, 0.2) is 6.17 Å². The molecule has 0 radical (unpaired) electrons. The molecule has 0 saturated heterocycles. The molecule has 0 aliphatic heterocycles. The Morgan fingerprint density at radius 2 is 1.76 bits per heavy atom. The Balaban J connectivity index is 3.04. The predicted octanol–water partition coefficient (Wildman–Crippen LogP) is 4.94. The molecule has 0 nitrogen and oxygen atoms in total. The van der Waals surface area contributed by atoms with Crippen molar-refractivity contribution in [2.45, 2.75) is 45.7 Å². The van der Waals surface area contributed by atoms with Gasteiger partial charge >= 0.3 is 0 Å². The Kier molecular flexibility index (Phi) is 4.61. The summed E-state index contributed by atoms with van der Waals surface area (Å²) in [6, 6.07) is 6.56. The predicted molar refractivity (Wildman–Crippen MR) is 64.1 cm³/mol. The summed E-state index contributed by atoms with van der Waals surface area (Å²) in [5.41, 5.74) is 0.816. The lowest BCUT2D eigenvalue weighted by atomic mass is 9.93. The first kappa shape index (κ1) is 14.1. The topological polar surface area (TPSA) is 0 Å². The van der Waals surface area contributed by atoms with Crippen LogP contribution >= 0.6 is 0 Å². The molecule has 96 valence electrons. The molecule has 17 heavy (non-hydrogen) atoms. The molecule has 1 aromatic carbocycles. The van der Waals surface area contributed by atoms with Gasteiger partial charge < -0.3 is 0 Å². The van der Waals surface area contributed by atoms with Gasteiger partial charge in [0.05, 0.1) is 0 Å². The van der Waals surface area contributed by atoms with Crippen LogP contribution in [0.1, 0.15) is 44.5 Å². The van der Waals surface area contributed by atoms with Gasteiger partial charge in [-0.3, -0.25) is 0 Å². The summed E-state index contributed by atoms with van der Waals surface area (Å²) in [5, 5.41) is 0.